The lowest BCUT2D eigenvalue weighted by Crippen LogP contribution is -2.01. The molecule has 4 N–H and O–H groups in total. The highest BCUT2D eigenvalue weighted by Crippen LogP contribution is 2.36. The van der Waals surface area contributed by atoms with Crippen molar-refractivity contribution < 1.29 is 9.90 Å². The fourth-order valence-corrected chi connectivity index (χ4v) is 4.09. The molecule has 152 valence electrons. The smallest absolute Gasteiger partial charge is 0.336 e. The standard InChI is InChI=1S/C26H26N2O2/c1-17-10-15-22(26(29)30)23-21(9-5-6-16-27)25(28-24(17)23)20-13-11-19(12-14-20)18-7-3-2-4-8-18/h2-4,7-8,10-15,28H,5-6,9,16,27H2,1H3,(H,29,30). The summed E-state index contributed by atoms with van der Waals surface area (Å²) in [7, 11) is 0. The van der Waals surface area contributed by atoms with Crippen molar-refractivity contribution in [3.05, 3.63) is 83.4 Å². The van der Waals surface area contributed by atoms with Crippen LogP contribution in [0, 0.1) is 6.92 Å². The molecule has 30 heavy (non-hydrogen) atoms. The maximum absolute atomic E-state index is 11.9. The Labute approximate surface area is 176 Å². The quantitative estimate of drug-likeness (QED) is 0.345. The van der Waals surface area contributed by atoms with Crippen molar-refractivity contribution in [3.8, 4) is 22.4 Å². The molecule has 0 bridgehead atoms. The number of aromatic carboxylic acids is 1. The van der Waals surface area contributed by atoms with Crippen LogP contribution < -0.4 is 5.73 Å². The Morgan fingerprint density at radius 2 is 1.57 bits per heavy atom. The van der Waals surface area contributed by atoms with Gasteiger partial charge >= 0.3 is 5.97 Å². The van der Waals surface area contributed by atoms with Gasteiger partial charge in [0.15, 0.2) is 0 Å². The number of fused-ring (bicyclic) bond motifs is 1. The number of hydrogen-bond acceptors (Lipinski definition) is 2. The van der Waals surface area contributed by atoms with Gasteiger partial charge in [0.2, 0.25) is 0 Å². The van der Waals surface area contributed by atoms with Crippen LogP contribution in [0.3, 0.4) is 0 Å². The monoisotopic (exact) mass is 398 g/mol. The van der Waals surface area contributed by atoms with Gasteiger partial charge in [-0.1, -0.05) is 60.7 Å². The van der Waals surface area contributed by atoms with Gasteiger partial charge in [0.25, 0.3) is 0 Å². The maximum atomic E-state index is 11.9. The number of carboxylic acids is 1. The Bertz CT molecular complexity index is 1180. The van der Waals surface area contributed by atoms with E-state index in [1.54, 1.807) is 6.07 Å². The average molecular weight is 399 g/mol. The first-order valence-electron chi connectivity index (χ1n) is 10.3. The molecule has 1 heterocycles. The maximum Gasteiger partial charge on any atom is 0.336 e. The number of carboxylic acid groups (broad SMARTS) is 1. The van der Waals surface area contributed by atoms with Gasteiger partial charge in [-0.15, -0.1) is 0 Å². The van der Waals surface area contributed by atoms with Crippen molar-refractivity contribution in [2.75, 3.05) is 6.54 Å². The number of H-pyrrole nitrogens is 1. The molecule has 4 rings (SSSR count). The Hall–Kier alpha value is -3.37. The Balaban J connectivity index is 1.85. The van der Waals surface area contributed by atoms with Crippen molar-refractivity contribution in [1.29, 1.82) is 0 Å². The molecule has 3 aromatic carbocycles. The van der Waals surface area contributed by atoms with Crippen LogP contribution in [0.5, 0.6) is 0 Å². The van der Waals surface area contributed by atoms with Gasteiger partial charge in [-0.25, -0.2) is 4.79 Å². The minimum atomic E-state index is -0.898. The first kappa shape index (κ1) is 19.9. The van der Waals surface area contributed by atoms with E-state index in [1.165, 1.54) is 5.56 Å². The largest absolute Gasteiger partial charge is 0.478 e. The van der Waals surface area contributed by atoms with Crippen molar-refractivity contribution >= 4 is 16.9 Å². The number of carbonyl (C=O) groups is 1. The van der Waals surface area contributed by atoms with Crippen LogP contribution in [-0.2, 0) is 6.42 Å². The van der Waals surface area contributed by atoms with Gasteiger partial charge in [-0.2, -0.15) is 0 Å². The lowest BCUT2D eigenvalue weighted by atomic mass is 9.95. The molecule has 0 spiro atoms. The summed E-state index contributed by atoms with van der Waals surface area (Å²) in [4.78, 5) is 15.5. The Kier molecular flexibility index (Phi) is 5.68. The summed E-state index contributed by atoms with van der Waals surface area (Å²) >= 11 is 0. The number of aromatic amines is 1. The third kappa shape index (κ3) is 3.74. The van der Waals surface area contributed by atoms with Crippen molar-refractivity contribution in [1.82, 2.24) is 4.98 Å². The van der Waals surface area contributed by atoms with E-state index in [1.807, 2.05) is 31.2 Å². The van der Waals surface area contributed by atoms with Crippen molar-refractivity contribution in [2.24, 2.45) is 5.73 Å². The van der Waals surface area contributed by atoms with Crippen LogP contribution in [0.2, 0.25) is 0 Å². The highest BCUT2D eigenvalue weighted by Gasteiger charge is 2.20. The van der Waals surface area contributed by atoms with E-state index in [4.69, 9.17) is 5.73 Å². The van der Waals surface area contributed by atoms with E-state index < -0.39 is 5.97 Å². The minimum Gasteiger partial charge on any atom is -0.478 e. The predicted molar refractivity (Wildman–Crippen MR) is 123 cm³/mol. The van der Waals surface area contributed by atoms with Gasteiger partial charge in [-0.05, 0) is 66.6 Å². The third-order valence-corrected chi connectivity index (χ3v) is 5.66. The first-order chi connectivity index (χ1) is 14.6. The minimum absolute atomic E-state index is 0.349. The van der Waals surface area contributed by atoms with Crippen molar-refractivity contribution in [2.45, 2.75) is 26.2 Å². The second kappa shape index (κ2) is 8.56. The number of aryl methyl sites for hydroxylation is 2. The molecule has 0 aliphatic carbocycles. The van der Waals surface area contributed by atoms with Gasteiger partial charge in [0.1, 0.15) is 0 Å². The van der Waals surface area contributed by atoms with Crippen LogP contribution in [0.25, 0.3) is 33.3 Å². The molecule has 0 aliphatic rings. The predicted octanol–water partition coefficient (Wildman–Crippen LogP) is 5.79. The second-order valence-corrected chi connectivity index (χ2v) is 7.65. The van der Waals surface area contributed by atoms with E-state index in [0.29, 0.717) is 12.1 Å². The van der Waals surface area contributed by atoms with Crippen LogP contribution in [0.4, 0.5) is 0 Å². The van der Waals surface area contributed by atoms with Crippen LogP contribution >= 0.6 is 0 Å². The van der Waals surface area contributed by atoms with Crippen molar-refractivity contribution in [3.63, 3.8) is 0 Å². The van der Waals surface area contributed by atoms with E-state index in [-0.39, 0.29) is 0 Å². The Morgan fingerprint density at radius 3 is 2.23 bits per heavy atom. The topological polar surface area (TPSA) is 79.1 Å². The zero-order valence-electron chi connectivity index (χ0n) is 17.1. The highest BCUT2D eigenvalue weighted by atomic mass is 16.4. The van der Waals surface area contributed by atoms with E-state index in [9.17, 15) is 9.90 Å². The summed E-state index contributed by atoms with van der Waals surface area (Å²) in [5.74, 6) is -0.898. The zero-order valence-corrected chi connectivity index (χ0v) is 17.1. The number of aromatic nitrogens is 1. The molecule has 4 heteroatoms. The lowest BCUT2D eigenvalue weighted by molar-refractivity contribution is 0.0699. The number of nitrogens with one attached hydrogen (secondary N) is 1. The molecule has 0 atom stereocenters. The third-order valence-electron chi connectivity index (χ3n) is 5.66. The number of hydrogen-bond donors (Lipinski definition) is 3. The number of rotatable bonds is 7. The van der Waals surface area contributed by atoms with Gasteiger partial charge in [-0.3, -0.25) is 0 Å². The van der Waals surface area contributed by atoms with Gasteiger partial charge in [0.05, 0.1) is 5.56 Å². The SMILES string of the molecule is Cc1ccc(C(=O)O)c2c(CCCCN)c(-c3ccc(-c4ccccc4)cc3)[nH]c12. The first-order valence-corrected chi connectivity index (χ1v) is 10.3. The number of nitrogens with two attached hydrogens (primary N) is 1. The number of benzene rings is 3. The van der Waals surface area contributed by atoms with E-state index in [2.05, 4.69) is 41.4 Å². The van der Waals surface area contributed by atoms with Gasteiger partial charge in [0, 0.05) is 16.6 Å². The molecule has 4 nitrogen and oxygen atoms in total. The van der Waals surface area contributed by atoms with Crippen LogP contribution in [0.15, 0.2) is 66.7 Å². The average Bonchev–Trinajstić information content (AvgIpc) is 3.15. The molecule has 0 amide bonds. The van der Waals surface area contributed by atoms with Gasteiger partial charge < -0.3 is 15.8 Å². The summed E-state index contributed by atoms with van der Waals surface area (Å²) < 4.78 is 0. The fraction of sp³-hybridized carbons (Fsp3) is 0.192. The molecule has 0 radical (unpaired) electrons. The summed E-state index contributed by atoms with van der Waals surface area (Å²) in [5, 5.41) is 10.6. The fourth-order valence-electron chi connectivity index (χ4n) is 4.09. The molecule has 0 unspecified atom stereocenters. The molecule has 4 aromatic rings. The second-order valence-electron chi connectivity index (χ2n) is 7.65. The summed E-state index contributed by atoms with van der Waals surface area (Å²) in [6, 6.07) is 22.3. The summed E-state index contributed by atoms with van der Waals surface area (Å²) in [6.07, 6.45) is 2.62. The molecule has 0 saturated carbocycles. The Morgan fingerprint density at radius 1 is 0.900 bits per heavy atom. The van der Waals surface area contributed by atoms with E-state index >= 15 is 0 Å². The van der Waals surface area contributed by atoms with Crippen LogP contribution in [-0.4, -0.2) is 22.6 Å². The molecule has 0 aliphatic heterocycles. The number of unbranched alkanes of at least 4 members (excludes halogenated alkanes) is 1. The van der Waals surface area contributed by atoms with E-state index in [0.717, 1.165) is 58.1 Å². The molecule has 1 aromatic heterocycles. The molecular weight excluding hydrogens is 372 g/mol. The summed E-state index contributed by atoms with van der Waals surface area (Å²) in [5.41, 5.74) is 13.4. The zero-order chi connectivity index (χ0) is 21.1. The molecule has 0 fully saturated rings. The highest BCUT2D eigenvalue weighted by molar-refractivity contribution is 6.07. The molecular formula is C26H26N2O2. The normalized spacial score (nSPS) is 11.1. The molecule has 0 saturated heterocycles. The lowest BCUT2D eigenvalue weighted by Gasteiger charge is -2.08. The van der Waals surface area contributed by atoms with Crippen LogP contribution in [0.1, 0.15) is 34.3 Å². The summed E-state index contributed by atoms with van der Waals surface area (Å²) in [6.45, 7) is 2.64.